The predicted octanol–water partition coefficient (Wildman–Crippen LogP) is 4.97. The van der Waals surface area contributed by atoms with Crippen LogP contribution in [0.5, 0.6) is 5.75 Å². The van der Waals surface area contributed by atoms with Crippen LogP contribution in [-0.4, -0.2) is 61.7 Å². The molecule has 0 bridgehead atoms. The number of carbonyl (C=O) groups excluding carboxylic acids is 1. The van der Waals surface area contributed by atoms with Crippen LogP contribution in [0.4, 0.5) is 19.0 Å². The summed E-state index contributed by atoms with van der Waals surface area (Å²) in [6.07, 6.45) is 1.08. The Morgan fingerprint density at radius 1 is 1.09 bits per heavy atom. The van der Waals surface area contributed by atoms with Crippen LogP contribution in [0, 0.1) is 11.6 Å². The number of nitrogens with zero attached hydrogens (tertiary/aromatic N) is 3. The van der Waals surface area contributed by atoms with Crippen molar-refractivity contribution in [3.63, 3.8) is 0 Å². The quantitative estimate of drug-likeness (QED) is 0.331. The zero-order valence-electron chi connectivity index (χ0n) is 23.9. The molecule has 0 saturated carbocycles. The van der Waals surface area contributed by atoms with Gasteiger partial charge in [-0.25, -0.2) is 26.6 Å². The Kier molecular flexibility index (Phi) is 7.93. The van der Waals surface area contributed by atoms with Gasteiger partial charge in [0.15, 0.2) is 11.6 Å². The second-order valence-corrected chi connectivity index (χ2v) is 13.0. The number of anilines is 1. The van der Waals surface area contributed by atoms with Crippen molar-refractivity contribution >= 4 is 32.3 Å². The fourth-order valence-electron chi connectivity index (χ4n) is 5.50. The normalized spacial score (nSPS) is 21.3. The van der Waals surface area contributed by atoms with Crippen molar-refractivity contribution in [2.45, 2.75) is 49.4 Å². The number of aromatic nitrogens is 2. The summed E-state index contributed by atoms with van der Waals surface area (Å²) in [5.74, 6) is -2.33. The second-order valence-electron chi connectivity index (χ2n) is 10.9. The number of benzene rings is 2. The molecule has 0 radical (unpaired) electrons. The van der Waals surface area contributed by atoms with E-state index in [0.29, 0.717) is 35.4 Å². The maximum Gasteiger partial charge on any atom is 0.251 e. The smallest absolute Gasteiger partial charge is 0.251 e. The molecule has 1 N–H and O–H groups in total. The topological polar surface area (TPSA) is 111 Å². The highest BCUT2D eigenvalue weighted by atomic mass is 32.2. The van der Waals surface area contributed by atoms with Crippen LogP contribution in [0.15, 0.2) is 59.6 Å². The van der Waals surface area contributed by atoms with E-state index in [1.807, 2.05) is 26.0 Å². The van der Waals surface area contributed by atoms with E-state index in [1.165, 1.54) is 12.3 Å². The highest BCUT2D eigenvalue weighted by Crippen LogP contribution is 2.35. The number of sulfone groups is 1. The Hall–Kier alpha value is -4.23. The highest BCUT2D eigenvalue weighted by molar-refractivity contribution is 7.92. The summed E-state index contributed by atoms with van der Waals surface area (Å²) < 4.78 is 80.8. The van der Waals surface area contributed by atoms with Crippen LogP contribution in [0.25, 0.3) is 22.0 Å². The lowest BCUT2D eigenvalue weighted by molar-refractivity contribution is -0.00545. The Morgan fingerprint density at radius 2 is 1.86 bits per heavy atom. The van der Waals surface area contributed by atoms with Gasteiger partial charge in [-0.3, -0.25) is 9.78 Å². The van der Waals surface area contributed by atoms with E-state index in [4.69, 9.17) is 14.5 Å². The summed E-state index contributed by atoms with van der Waals surface area (Å²) in [6, 6.07) is 12.0. The molecular weight excluding hydrogens is 597 g/mol. The monoisotopic (exact) mass is 626 g/mol. The molecular formula is C31H29F3N4O5S. The molecule has 6 rings (SSSR count). The number of fused-ring (bicyclic) bond motifs is 2. The molecule has 13 heteroatoms. The molecule has 230 valence electrons. The van der Waals surface area contributed by atoms with Crippen molar-refractivity contribution < 1.29 is 35.9 Å². The average molecular weight is 627 g/mol. The van der Waals surface area contributed by atoms with E-state index in [1.54, 1.807) is 18.2 Å². The maximum atomic E-state index is 15.9. The Labute approximate surface area is 251 Å². The zero-order valence-corrected chi connectivity index (χ0v) is 24.7. The van der Waals surface area contributed by atoms with Crippen molar-refractivity contribution in [1.29, 1.82) is 0 Å². The Balaban J connectivity index is 1.24. The fraction of sp³-hybridized carbons (Fsp3) is 0.323. The third-order valence-corrected chi connectivity index (χ3v) is 9.41. The molecule has 0 spiro atoms. The van der Waals surface area contributed by atoms with E-state index in [0.717, 1.165) is 18.0 Å². The average Bonchev–Trinajstić information content (AvgIpc) is 3.11. The first-order chi connectivity index (χ1) is 21.0. The lowest BCUT2D eigenvalue weighted by Crippen LogP contribution is -2.45. The molecule has 2 aromatic heterocycles. The molecule has 1 fully saturated rings. The number of halogens is 3. The van der Waals surface area contributed by atoms with E-state index >= 15 is 4.39 Å². The largest absolute Gasteiger partial charge is 0.489 e. The van der Waals surface area contributed by atoms with Crippen LogP contribution in [-0.2, 0) is 21.1 Å². The van der Waals surface area contributed by atoms with Crippen molar-refractivity contribution in [2.24, 2.45) is 0 Å². The molecule has 4 aromatic rings. The summed E-state index contributed by atoms with van der Waals surface area (Å²) >= 11 is 0. The van der Waals surface area contributed by atoms with Crippen molar-refractivity contribution in [1.82, 2.24) is 15.3 Å². The SMILES string of the molecule is C[C@@H]1CN(c2cccc(-c3ccc4cnc(CNC(=O)c5cc(F)c6c(c5)S(=O)(=O)[C@H](F)CCO6)cc4c3F)n2)C[C@H](C)O1. The van der Waals surface area contributed by atoms with Gasteiger partial charge in [0.05, 0.1) is 36.7 Å². The minimum Gasteiger partial charge on any atom is -0.489 e. The number of morpholine rings is 1. The second kappa shape index (κ2) is 11.7. The van der Waals surface area contributed by atoms with Gasteiger partial charge in [0.2, 0.25) is 15.3 Å². The molecule has 1 amide bonds. The van der Waals surface area contributed by atoms with Crippen LogP contribution >= 0.6 is 0 Å². The summed E-state index contributed by atoms with van der Waals surface area (Å²) in [7, 11) is -4.55. The van der Waals surface area contributed by atoms with Gasteiger partial charge in [-0.15, -0.1) is 0 Å². The predicted molar refractivity (Wildman–Crippen MR) is 157 cm³/mol. The van der Waals surface area contributed by atoms with E-state index in [-0.39, 0.29) is 36.3 Å². The number of pyridine rings is 2. The first-order valence-electron chi connectivity index (χ1n) is 14.1. The molecule has 1 saturated heterocycles. The number of rotatable bonds is 5. The van der Waals surface area contributed by atoms with E-state index < -0.39 is 49.9 Å². The standard InChI is InChI=1S/C31H29F3N4O5S/c1-17-15-38(16-18(2)43-17)28-5-3-4-25(37-28)22-7-6-19-13-35-21(12-23(19)29(22)34)14-36-31(39)20-10-24(32)30-26(11-20)44(40,41)27(33)8-9-42-30/h3-7,10-13,17-18,27H,8-9,14-16H2,1-2H3,(H,36,39)/t17-,18+,27-/m0/s1. The summed E-state index contributed by atoms with van der Waals surface area (Å²) in [6.45, 7) is 4.83. The minimum absolute atomic E-state index is 0.0356. The molecule has 0 unspecified atom stereocenters. The molecule has 2 aliphatic heterocycles. The minimum atomic E-state index is -4.55. The van der Waals surface area contributed by atoms with Crippen LogP contribution in [0.1, 0.15) is 36.3 Å². The summed E-state index contributed by atoms with van der Waals surface area (Å²) in [5.41, 5.74) is -1.57. The van der Waals surface area contributed by atoms with Gasteiger partial charge < -0.3 is 19.7 Å². The van der Waals surface area contributed by atoms with Gasteiger partial charge in [0.25, 0.3) is 5.91 Å². The summed E-state index contributed by atoms with van der Waals surface area (Å²) in [4.78, 5) is 23.3. The first kappa shape index (κ1) is 29.8. The van der Waals surface area contributed by atoms with Crippen LogP contribution < -0.4 is 15.0 Å². The first-order valence-corrected chi connectivity index (χ1v) is 15.6. The Bertz CT molecular complexity index is 1860. The third kappa shape index (κ3) is 5.69. The molecule has 3 atom stereocenters. The van der Waals surface area contributed by atoms with Gasteiger partial charge in [0.1, 0.15) is 16.5 Å². The van der Waals surface area contributed by atoms with E-state index in [2.05, 4.69) is 15.2 Å². The number of hydrogen-bond acceptors (Lipinski definition) is 8. The number of ether oxygens (including phenoxy) is 2. The lowest BCUT2D eigenvalue weighted by Gasteiger charge is -2.36. The number of hydrogen-bond donors (Lipinski definition) is 1. The molecule has 2 aromatic carbocycles. The molecule has 9 nitrogen and oxygen atoms in total. The summed E-state index contributed by atoms with van der Waals surface area (Å²) in [5, 5.41) is 3.33. The number of amides is 1. The Morgan fingerprint density at radius 3 is 2.64 bits per heavy atom. The molecule has 44 heavy (non-hydrogen) atoms. The van der Waals surface area contributed by atoms with E-state index in [9.17, 15) is 22.0 Å². The zero-order chi connectivity index (χ0) is 31.2. The van der Waals surface area contributed by atoms with Crippen molar-refractivity contribution in [3.8, 4) is 17.0 Å². The van der Waals surface area contributed by atoms with Gasteiger partial charge >= 0.3 is 0 Å². The molecule has 0 aliphatic carbocycles. The van der Waals surface area contributed by atoms with Crippen molar-refractivity contribution in [3.05, 3.63) is 77.6 Å². The maximum absolute atomic E-state index is 15.9. The molecule has 4 heterocycles. The third-order valence-electron chi connectivity index (χ3n) is 7.58. The van der Waals surface area contributed by atoms with Gasteiger partial charge in [-0.05, 0) is 50.2 Å². The van der Waals surface area contributed by atoms with Crippen LogP contribution in [0.2, 0.25) is 0 Å². The molecule has 2 aliphatic rings. The number of alkyl halides is 1. The van der Waals surface area contributed by atoms with Gasteiger partial charge in [-0.1, -0.05) is 12.1 Å². The lowest BCUT2D eigenvalue weighted by atomic mass is 10.0. The van der Waals surface area contributed by atoms with Crippen molar-refractivity contribution in [2.75, 3.05) is 24.6 Å². The number of nitrogens with one attached hydrogen (secondary N) is 1. The fourth-order valence-corrected chi connectivity index (χ4v) is 6.89. The highest BCUT2D eigenvalue weighted by Gasteiger charge is 2.35. The van der Waals surface area contributed by atoms with Crippen LogP contribution in [0.3, 0.4) is 0 Å². The van der Waals surface area contributed by atoms with Gasteiger partial charge in [0, 0.05) is 47.6 Å². The van der Waals surface area contributed by atoms with Gasteiger partial charge in [-0.2, -0.15) is 0 Å². The number of carbonyl (C=O) groups is 1.